The first-order valence-corrected chi connectivity index (χ1v) is 10.1. The zero-order chi connectivity index (χ0) is 20.1. The average molecular weight is 392 g/mol. The molecule has 0 aromatic rings. The first kappa shape index (κ1) is 20.9. The van der Waals surface area contributed by atoms with Crippen molar-refractivity contribution in [3.63, 3.8) is 0 Å². The molecule has 4 nitrogen and oxygen atoms in total. The lowest BCUT2D eigenvalue weighted by atomic mass is 9.52. The summed E-state index contributed by atoms with van der Waals surface area (Å²) in [6.45, 7) is 6.59. The Balaban J connectivity index is 1.80. The Labute approximate surface area is 159 Å². The second-order valence-corrected chi connectivity index (χ2v) is 9.04. The van der Waals surface area contributed by atoms with E-state index in [1.807, 2.05) is 13.8 Å². The van der Waals surface area contributed by atoms with E-state index in [2.05, 4.69) is 0 Å². The van der Waals surface area contributed by atoms with E-state index in [1.165, 1.54) is 6.92 Å². The highest BCUT2D eigenvalue weighted by atomic mass is 19.4. The van der Waals surface area contributed by atoms with Gasteiger partial charge in [-0.05, 0) is 71.1 Å². The van der Waals surface area contributed by atoms with Gasteiger partial charge in [0.15, 0.2) is 11.7 Å². The Bertz CT molecular complexity index is 562. The molecular weight excluding hydrogens is 361 g/mol. The van der Waals surface area contributed by atoms with Gasteiger partial charge in [0, 0.05) is 13.0 Å². The van der Waals surface area contributed by atoms with Crippen molar-refractivity contribution in [1.29, 1.82) is 0 Å². The monoisotopic (exact) mass is 392 g/mol. The zero-order valence-electron chi connectivity index (χ0n) is 16.7. The number of esters is 1. The maximum Gasteiger partial charge on any atom is 0.404 e. The van der Waals surface area contributed by atoms with Crippen LogP contribution in [0.3, 0.4) is 0 Å². The SMILES string of the molecule is CCOC(C)OC12CC3CC(CC(OC(=O)C(C)(CC)C(F)(F)F)(C3)C1)C2. The summed E-state index contributed by atoms with van der Waals surface area (Å²) in [5, 5.41) is 0. The fourth-order valence-corrected chi connectivity index (χ4v) is 5.74. The molecule has 0 heterocycles. The molecule has 0 saturated heterocycles. The van der Waals surface area contributed by atoms with E-state index < -0.39 is 28.8 Å². The van der Waals surface area contributed by atoms with Gasteiger partial charge in [-0.1, -0.05) is 6.92 Å². The van der Waals surface area contributed by atoms with Crippen molar-refractivity contribution in [2.24, 2.45) is 17.3 Å². The first-order valence-electron chi connectivity index (χ1n) is 10.1. The minimum Gasteiger partial charge on any atom is -0.458 e. The lowest BCUT2D eigenvalue weighted by Crippen LogP contribution is -2.63. The molecule has 156 valence electrons. The summed E-state index contributed by atoms with van der Waals surface area (Å²) in [5.74, 6) is -0.495. The van der Waals surface area contributed by atoms with Crippen LogP contribution in [0.2, 0.25) is 0 Å². The molecule has 0 amide bonds. The lowest BCUT2D eigenvalue weighted by molar-refractivity contribution is -0.286. The van der Waals surface area contributed by atoms with Gasteiger partial charge in [-0.25, -0.2) is 0 Å². The van der Waals surface area contributed by atoms with E-state index in [0.29, 0.717) is 37.7 Å². The molecule has 4 atom stereocenters. The maximum absolute atomic E-state index is 13.5. The van der Waals surface area contributed by atoms with E-state index in [1.54, 1.807) is 0 Å². The Hall–Kier alpha value is -0.820. The lowest BCUT2D eigenvalue weighted by Gasteiger charge is -2.61. The minimum atomic E-state index is -4.63. The van der Waals surface area contributed by atoms with Gasteiger partial charge in [0.05, 0.1) is 5.60 Å². The molecule has 4 unspecified atom stereocenters. The van der Waals surface area contributed by atoms with Crippen LogP contribution in [0.4, 0.5) is 13.2 Å². The molecule has 4 aliphatic carbocycles. The summed E-state index contributed by atoms with van der Waals surface area (Å²) in [7, 11) is 0. The van der Waals surface area contributed by atoms with Crippen molar-refractivity contribution >= 4 is 5.97 Å². The van der Waals surface area contributed by atoms with E-state index in [4.69, 9.17) is 14.2 Å². The van der Waals surface area contributed by atoms with Crippen LogP contribution in [0.1, 0.15) is 72.6 Å². The van der Waals surface area contributed by atoms with E-state index in [9.17, 15) is 18.0 Å². The number of alkyl halides is 3. The molecule has 27 heavy (non-hydrogen) atoms. The third-order valence-corrected chi connectivity index (χ3v) is 6.86. The van der Waals surface area contributed by atoms with Crippen LogP contribution in [0.15, 0.2) is 0 Å². The molecule has 0 aliphatic heterocycles. The fourth-order valence-electron chi connectivity index (χ4n) is 5.74. The molecule has 0 spiro atoms. The number of halogens is 3. The molecule has 0 N–H and O–H groups in total. The van der Waals surface area contributed by atoms with E-state index >= 15 is 0 Å². The normalized spacial score (nSPS) is 38.5. The number of hydrogen-bond acceptors (Lipinski definition) is 4. The predicted molar refractivity (Wildman–Crippen MR) is 92.9 cm³/mol. The third kappa shape index (κ3) is 3.74. The van der Waals surface area contributed by atoms with Gasteiger partial charge in [-0.15, -0.1) is 0 Å². The highest BCUT2D eigenvalue weighted by Crippen LogP contribution is 2.61. The van der Waals surface area contributed by atoms with Crippen molar-refractivity contribution in [3.8, 4) is 0 Å². The second kappa shape index (κ2) is 6.90. The van der Waals surface area contributed by atoms with Gasteiger partial charge in [0.25, 0.3) is 0 Å². The average Bonchev–Trinajstić information content (AvgIpc) is 2.50. The van der Waals surface area contributed by atoms with Crippen LogP contribution in [-0.4, -0.2) is 36.2 Å². The smallest absolute Gasteiger partial charge is 0.404 e. The third-order valence-electron chi connectivity index (χ3n) is 6.86. The highest BCUT2D eigenvalue weighted by Gasteiger charge is 2.63. The largest absolute Gasteiger partial charge is 0.458 e. The minimum absolute atomic E-state index is 0.326. The Morgan fingerprint density at radius 3 is 2.15 bits per heavy atom. The van der Waals surface area contributed by atoms with E-state index in [-0.39, 0.29) is 12.7 Å². The maximum atomic E-state index is 13.5. The van der Waals surface area contributed by atoms with Crippen molar-refractivity contribution < 1.29 is 32.2 Å². The topological polar surface area (TPSA) is 44.8 Å². The molecule has 0 aromatic heterocycles. The highest BCUT2D eigenvalue weighted by molar-refractivity contribution is 5.78. The molecule has 7 heteroatoms. The van der Waals surface area contributed by atoms with Crippen molar-refractivity contribution in [1.82, 2.24) is 0 Å². The van der Waals surface area contributed by atoms with Crippen LogP contribution in [-0.2, 0) is 19.0 Å². The molecule has 0 aromatic carbocycles. The van der Waals surface area contributed by atoms with Gasteiger partial charge in [-0.3, -0.25) is 4.79 Å². The number of ether oxygens (including phenoxy) is 3. The van der Waals surface area contributed by atoms with Gasteiger partial charge >= 0.3 is 12.1 Å². The van der Waals surface area contributed by atoms with Crippen LogP contribution < -0.4 is 0 Å². The summed E-state index contributed by atoms with van der Waals surface area (Å²) < 4.78 is 58.0. The first-order chi connectivity index (χ1) is 12.5. The molecular formula is C20H31F3O4. The molecule has 4 fully saturated rings. The van der Waals surface area contributed by atoms with Gasteiger partial charge in [-0.2, -0.15) is 13.2 Å². The number of carbonyl (C=O) groups is 1. The van der Waals surface area contributed by atoms with Gasteiger partial charge in [0.1, 0.15) is 5.60 Å². The molecule has 4 aliphatic rings. The number of carbonyl (C=O) groups excluding carboxylic acids is 1. The molecule has 4 saturated carbocycles. The fraction of sp³-hybridized carbons (Fsp3) is 0.950. The van der Waals surface area contributed by atoms with Crippen molar-refractivity contribution in [2.45, 2.75) is 96.3 Å². The standard InChI is InChI=1S/C20H31F3O4/c1-5-17(4,20(21,22)23)16(24)27-19-10-14-7-15(11-19)9-18(8-14,12-19)26-13(3)25-6-2/h13-15H,5-12H2,1-4H3. The Kier molecular flexibility index (Phi) is 5.34. The quantitative estimate of drug-likeness (QED) is 0.452. The summed E-state index contributed by atoms with van der Waals surface area (Å²) in [5.41, 5.74) is -3.77. The van der Waals surface area contributed by atoms with Crippen LogP contribution >= 0.6 is 0 Å². The molecule has 4 bridgehead atoms. The van der Waals surface area contributed by atoms with Crippen LogP contribution in [0.5, 0.6) is 0 Å². The summed E-state index contributed by atoms with van der Waals surface area (Å²) in [6, 6.07) is 0. The molecule has 4 rings (SSSR count). The van der Waals surface area contributed by atoms with Crippen LogP contribution in [0, 0.1) is 17.3 Å². The van der Waals surface area contributed by atoms with Crippen molar-refractivity contribution in [3.05, 3.63) is 0 Å². The van der Waals surface area contributed by atoms with Gasteiger partial charge < -0.3 is 14.2 Å². The Morgan fingerprint density at radius 2 is 1.67 bits per heavy atom. The van der Waals surface area contributed by atoms with Crippen LogP contribution in [0.25, 0.3) is 0 Å². The number of rotatable bonds is 7. The predicted octanol–water partition coefficient (Wildman–Crippen LogP) is 5.00. The summed E-state index contributed by atoms with van der Waals surface area (Å²) in [6.07, 6.45) is -0.821. The molecule has 0 radical (unpaired) electrons. The van der Waals surface area contributed by atoms with Crippen molar-refractivity contribution in [2.75, 3.05) is 6.61 Å². The zero-order valence-corrected chi connectivity index (χ0v) is 16.7. The van der Waals surface area contributed by atoms with E-state index in [0.717, 1.165) is 26.2 Å². The van der Waals surface area contributed by atoms with Gasteiger partial charge in [0.2, 0.25) is 0 Å². The Morgan fingerprint density at radius 1 is 1.11 bits per heavy atom. The second-order valence-electron chi connectivity index (χ2n) is 9.04. The summed E-state index contributed by atoms with van der Waals surface area (Å²) >= 11 is 0. The summed E-state index contributed by atoms with van der Waals surface area (Å²) in [4.78, 5) is 12.6. The number of hydrogen-bond donors (Lipinski definition) is 0.